The normalized spacial score (nSPS) is 10.1. The highest BCUT2D eigenvalue weighted by Gasteiger charge is 2.01. The Hall–Kier alpha value is -1.31. The molecule has 6 heteroatoms. The van der Waals surface area contributed by atoms with Crippen molar-refractivity contribution < 1.29 is 0 Å². The van der Waals surface area contributed by atoms with Crippen molar-refractivity contribution in [1.29, 1.82) is 0 Å². The summed E-state index contributed by atoms with van der Waals surface area (Å²) in [5.74, 6) is 1.60. The average molecular weight is 327 g/mol. The van der Waals surface area contributed by atoms with Gasteiger partial charge in [-0.3, -0.25) is 0 Å². The summed E-state index contributed by atoms with van der Waals surface area (Å²) in [7, 11) is 0. The van der Waals surface area contributed by atoms with Gasteiger partial charge in [-0.1, -0.05) is 0 Å². The van der Waals surface area contributed by atoms with E-state index in [9.17, 15) is 0 Å². The number of hydrogen-bond acceptors (Lipinski definition) is 5. The predicted molar refractivity (Wildman–Crippen MR) is 68.8 cm³/mol. The van der Waals surface area contributed by atoms with Crippen molar-refractivity contribution >= 4 is 28.4 Å². The van der Waals surface area contributed by atoms with Gasteiger partial charge in [0, 0.05) is 12.4 Å². The molecule has 2 rings (SSSR count). The number of anilines is 1. The van der Waals surface area contributed by atoms with Crippen LogP contribution >= 0.6 is 22.6 Å². The lowest BCUT2D eigenvalue weighted by molar-refractivity contribution is 0.946. The fourth-order valence-electron chi connectivity index (χ4n) is 1.22. The molecule has 5 nitrogen and oxygen atoms in total. The SMILES string of the molecule is Cc1nccc(CNc2ncncc2I)n1. The molecule has 0 atom stereocenters. The van der Waals surface area contributed by atoms with E-state index in [-0.39, 0.29) is 0 Å². The first-order chi connectivity index (χ1) is 7.75. The van der Waals surface area contributed by atoms with E-state index in [0.717, 1.165) is 20.9 Å². The van der Waals surface area contributed by atoms with E-state index >= 15 is 0 Å². The van der Waals surface area contributed by atoms with Crippen LogP contribution in [0.1, 0.15) is 11.5 Å². The molecule has 0 spiro atoms. The Bertz CT molecular complexity index is 488. The molecule has 0 amide bonds. The van der Waals surface area contributed by atoms with Crippen molar-refractivity contribution in [2.75, 3.05) is 5.32 Å². The summed E-state index contributed by atoms with van der Waals surface area (Å²) in [6.07, 6.45) is 5.04. The van der Waals surface area contributed by atoms with Gasteiger partial charge in [0.1, 0.15) is 18.0 Å². The summed E-state index contributed by atoms with van der Waals surface area (Å²) in [6.45, 7) is 2.51. The molecule has 2 heterocycles. The van der Waals surface area contributed by atoms with E-state index in [0.29, 0.717) is 6.54 Å². The van der Waals surface area contributed by atoms with Crippen LogP contribution in [-0.4, -0.2) is 19.9 Å². The molecule has 16 heavy (non-hydrogen) atoms. The molecular formula is C10H10IN5. The molecular weight excluding hydrogens is 317 g/mol. The summed E-state index contributed by atoms with van der Waals surface area (Å²) < 4.78 is 0.992. The van der Waals surface area contributed by atoms with E-state index in [4.69, 9.17) is 0 Å². The number of nitrogens with zero attached hydrogens (tertiary/aromatic N) is 4. The molecule has 2 aromatic heterocycles. The minimum absolute atomic E-state index is 0.635. The molecule has 0 aliphatic carbocycles. The van der Waals surface area contributed by atoms with Crippen molar-refractivity contribution in [3.8, 4) is 0 Å². The molecule has 0 fully saturated rings. The maximum Gasteiger partial charge on any atom is 0.143 e. The fourth-order valence-corrected chi connectivity index (χ4v) is 1.71. The van der Waals surface area contributed by atoms with Gasteiger partial charge >= 0.3 is 0 Å². The van der Waals surface area contributed by atoms with Gasteiger partial charge in [-0.15, -0.1) is 0 Å². The minimum atomic E-state index is 0.635. The number of rotatable bonds is 3. The number of aromatic nitrogens is 4. The van der Waals surface area contributed by atoms with Gasteiger partial charge < -0.3 is 5.32 Å². The quantitative estimate of drug-likeness (QED) is 0.871. The van der Waals surface area contributed by atoms with Crippen LogP contribution in [0.25, 0.3) is 0 Å². The molecule has 1 N–H and O–H groups in total. The Kier molecular flexibility index (Phi) is 3.60. The zero-order valence-corrected chi connectivity index (χ0v) is 10.8. The number of nitrogens with one attached hydrogen (secondary N) is 1. The second-order valence-corrected chi connectivity index (χ2v) is 4.33. The lowest BCUT2D eigenvalue weighted by Gasteiger charge is -2.06. The van der Waals surface area contributed by atoms with Gasteiger partial charge in [-0.05, 0) is 35.6 Å². The second-order valence-electron chi connectivity index (χ2n) is 3.17. The molecule has 0 unspecified atom stereocenters. The van der Waals surface area contributed by atoms with E-state index in [2.05, 4.69) is 47.8 Å². The van der Waals surface area contributed by atoms with Crippen molar-refractivity contribution in [2.45, 2.75) is 13.5 Å². The third-order valence-corrected chi connectivity index (χ3v) is 2.73. The van der Waals surface area contributed by atoms with Crippen molar-refractivity contribution in [3.63, 3.8) is 0 Å². The van der Waals surface area contributed by atoms with Gasteiger partial charge in [-0.2, -0.15) is 0 Å². The van der Waals surface area contributed by atoms with Crippen molar-refractivity contribution in [3.05, 3.63) is 39.9 Å². The van der Waals surface area contributed by atoms with Crippen LogP contribution in [0.3, 0.4) is 0 Å². The monoisotopic (exact) mass is 327 g/mol. The molecule has 0 saturated carbocycles. The third-order valence-electron chi connectivity index (χ3n) is 1.94. The Labute approximate surface area is 107 Å². The van der Waals surface area contributed by atoms with Crippen LogP contribution in [-0.2, 0) is 6.54 Å². The van der Waals surface area contributed by atoms with Crippen LogP contribution in [0.15, 0.2) is 24.8 Å². The van der Waals surface area contributed by atoms with Gasteiger partial charge in [0.15, 0.2) is 0 Å². The molecule has 0 radical (unpaired) electrons. The van der Waals surface area contributed by atoms with E-state index in [1.54, 1.807) is 12.4 Å². The van der Waals surface area contributed by atoms with Crippen LogP contribution in [0.5, 0.6) is 0 Å². The number of aryl methyl sites for hydroxylation is 1. The highest BCUT2D eigenvalue weighted by atomic mass is 127. The molecule has 82 valence electrons. The maximum atomic E-state index is 4.30. The molecule has 0 aromatic carbocycles. The third kappa shape index (κ3) is 2.84. The lowest BCUT2D eigenvalue weighted by atomic mass is 10.4. The summed E-state index contributed by atoms with van der Waals surface area (Å²) in [5, 5.41) is 3.21. The summed E-state index contributed by atoms with van der Waals surface area (Å²) in [6, 6.07) is 1.88. The highest BCUT2D eigenvalue weighted by molar-refractivity contribution is 14.1. The molecule has 0 aliphatic heterocycles. The van der Waals surface area contributed by atoms with Crippen LogP contribution in [0, 0.1) is 10.5 Å². The van der Waals surface area contributed by atoms with E-state index in [1.165, 1.54) is 6.33 Å². The molecule has 2 aromatic rings. The smallest absolute Gasteiger partial charge is 0.143 e. The maximum absolute atomic E-state index is 4.30. The first-order valence-electron chi connectivity index (χ1n) is 4.73. The van der Waals surface area contributed by atoms with Gasteiger partial charge in [0.05, 0.1) is 15.8 Å². The highest BCUT2D eigenvalue weighted by Crippen LogP contribution is 2.12. The largest absolute Gasteiger partial charge is 0.363 e. The Morgan fingerprint density at radius 1 is 1.38 bits per heavy atom. The second kappa shape index (κ2) is 5.15. The zero-order valence-electron chi connectivity index (χ0n) is 8.68. The first-order valence-corrected chi connectivity index (χ1v) is 5.81. The van der Waals surface area contributed by atoms with Gasteiger partial charge in [0.2, 0.25) is 0 Å². The summed E-state index contributed by atoms with van der Waals surface area (Å²) >= 11 is 2.19. The summed E-state index contributed by atoms with van der Waals surface area (Å²) in [4.78, 5) is 16.4. The van der Waals surface area contributed by atoms with Gasteiger partial charge in [0.25, 0.3) is 0 Å². The van der Waals surface area contributed by atoms with Crippen LogP contribution in [0.2, 0.25) is 0 Å². The van der Waals surface area contributed by atoms with Crippen molar-refractivity contribution in [2.24, 2.45) is 0 Å². The first kappa shape index (κ1) is 11.2. The molecule has 0 bridgehead atoms. The molecule has 0 aliphatic rings. The lowest BCUT2D eigenvalue weighted by Crippen LogP contribution is -2.06. The Morgan fingerprint density at radius 2 is 2.25 bits per heavy atom. The Balaban J connectivity index is 2.05. The minimum Gasteiger partial charge on any atom is -0.363 e. The average Bonchev–Trinajstić information content (AvgIpc) is 2.28. The number of halogens is 1. The Morgan fingerprint density at radius 3 is 3.00 bits per heavy atom. The predicted octanol–water partition coefficient (Wildman–Crippen LogP) is 1.79. The van der Waals surface area contributed by atoms with Crippen LogP contribution < -0.4 is 5.32 Å². The molecule has 0 saturated heterocycles. The zero-order chi connectivity index (χ0) is 11.4. The standard InChI is InChI=1S/C10H10IN5/c1-7-13-3-2-8(16-7)4-14-10-9(11)5-12-6-15-10/h2-3,5-6H,4H2,1H3,(H,12,14,15). The van der Waals surface area contributed by atoms with Gasteiger partial charge in [-0.25, -0.2) is 19.9 Å². The summed E-state index contributed by atoms with van der Waals surface area (Å²) in [5.41, 5.74) is 0.946. The van der Waals surface area contributed by atoms with Crippen molar-refractivity contribution in [1.82, 2.24) is 19.9 Å². The van der Waals surface area contributed by atoms with Crippen LogP contribution in [0.4, 0.5) is 5.82 Å². The van der Waals surface area contributed by atoms with E-state index in [1.807, 2.05) is 13.0 Å². The van der Waals surface area contributed by atoms with E-state index < -0.39 is 0 Å². The number of hydrogen-bond donors (Lipinski definition) is 1. The fraction of sp³-hybridized carbons (Fsp3) is 0.200. The topological polar surface area (TPSA) is 63.6 Å².